The Hall–Kier alpha value is -4.00. The molecule has 2 aromatic carbocycles. The van der Waals surface area contributed by atoms with Crippen molar-refractivity contribution in [3.8, 4) is 29.0 Å². The molecule has 0 saturated carbocycles. The summed E-state index contributed by atoms with van der Waals surface area (Å²) in [5.41, 5.74) is 10.1. The lowest BCUT2D eigenvalue weighted by Crippen LogP contribution is -2.04. The van der Waals surface area contributed by atoms with Gasteiger partial charge < -0.3 is 10.3 Å². The highest BCUT2D eigenvalue weighted by Crippen LogP contribution is 2.37. The smallest absolute Gasteiger partial charge is 0.143 e. The van der Waals surface area contributed by atoms with E-state index in [1.807, 2.05) is 83.7 Å². The number of aromatic nitrogens is 2. The Kier molecular flexibility index (Phi) is 5.52. The van der Waals surface area contributed by atoms with E-state index in [9.17, 15) is 10.5 Å². The van der Waals surface area contributed by atoms with Gasteiger partial charge in [-0.05, 0) is 35.4 Å². The van der Waals surface area contributed by atoms with Gasteiger partial charge in [-0.15, -0.1) is 11.8 Å². The molecular weight excluding hydrogens is 390 g/mol. The third kappa shape index (κ3) is 3.77. The quantitative estimate of drug-likeness (QED) is 0.462. The zero-order valence-corrected chi connectivity index (χ0v) is 16.8. The molecule has 0 fully saturated rings. The van der Waals surface area contributed by atoms with Crippen LogP contribution in [0.4, 0.5) is 5.82 Å². The molecule has 144 valence electrons. The van der Waals surface area contributed by atoms with Gasteiger partial charge >= 0.3 is 0 Å². The molecule has 4 rings (SSSR count). The molecule has 2 N–H and O–H groups in total. The Morgan fingerprint density at radius 3 is 2.33 bits per heavy atom. The number of anilines is 1. The topological polar surface area (TPSA) is 91.4 Å². The third-order valence-electron chi connectivity index (χ3n) is 4.67. The first kappa shape index (κ1) is 19.3. The average molecular weight is 408 g/mol. The SMILES string of the molecule is N#Cc1c(N)nc(SCc2ccccc2)c(C#N)c1-c1cccc(-n2cccc2)c1. The van der Waals surface area contributed by atoms with Crippen LogP contribution in [0.1, 0.15) is 16.7 Å². The van der Waals surface area contributed by atoms with E-state index in [1.165, 1.54) is 11.8 Å². The van der Waals surface area contributed by atoms with Crippen LogP contribution in [0.15, 0.2) is 84.1 Å². The Labute approximate surface area is 179 Å². The lowest BCUT2D eigenvalue weighted by atomic mass is 9.96. The van der Waals surface area contributed by atoms with Crippen LogP contribution in [0.3, 0.4) is 0 Å². The summed E-state index contributed by atoms with van der Waals surface area (Å²) in [5, 5.41) is 20.2. The minimum Gasteiger partial charge on any atom is -0.383 e. The molecule has 2 aromatic heterocycles. The molecule has 0 atom stereocenters. The molecule has 0 spiro atoms. The lowest BCUT2D eigenvalue weighted by Gasteiger charge is -2.14. The first-order valence-corrected chi connectivity index (χ1v) is 10.2. The molecule has 0 saturated heterocycles. The monoisotopic (exact) mass is 407 g/mol. The Morgan fingerprint density at radius 1 is 0.900 bits per heavy atom. The molecule has 2 heterocycles. The highest BCUT2D eigenvalue weighted by molar-refractivity contribution is 7.98. The van der Waals surface area contributed by atoms with Gasteiger partial charge in [0.15, 0.2) is 0 Å². The first-order chi connectivity index (χ1) is 14.7. The lowest BCUT2D eigenvalue weighted by molar-refractivity contribution is 1.08. The zero-order chi connectivity index (χ0) is 20.9. The summed E-state index contributed by atoms with van der Waals surface area (Å²) >= 11 is 1.44. The fourth-order valence-corrected chi connectivity index (χ4v) is 4.20. The molecule has 30 heavy (non-hydrogen) atoms. The minimum atomic E-state index is 0.133. The highest BCUT2D eigenvalue weighted by atomic mass is 32.2. The van der Waals surface area contributed by atoms with E-state index < -0.39 is 0 Å². The van der Waals surface area contributed by atoms with E-state index in [-0.39, 0.29) is 11.4 Å². The van der Waals surface area contributed by atoms with Gasteiger partial charge in [0.05, 0.1) is 5.56 Å². The van der Waals surface area contributed by atoms with E-state index in [0.29, 0.717) is 21.9 Å². The molecule has 4 aromatic rings. The van der Waals surface area contributed by atoms with E-state index >= 15 is 0 Å². The molecular formula is C24H17N5S. The summed E-state index contributed by atoms with van der Waals surface area (Å²) in [5.74, 6) is 0.782. The second kappa shape index (κ2) is 8.57. The Morgan fingerprint density at radius 2 is 1.63 bits per heavy atom. The molecule has 0 aliphatic rings. The second-order valence-electron chi connectivity index (χ2n) is 6.57. The molecule has 0 aliphatic carbocycles. The van der Waals surface area contributed by atoms with Crippen LogP contribution in [0, 0.1) is 22.7 Å². The minimum absolute atomic E-state index is 0.133. The number of thioether (sulfide) groups is 1. The summed E-state index contributed by atoms with van der Waals surface area (Å²) in [6.45, 7) is 0. The van der Waals surface area contributed by atoms with Crippen LogP contribution >= 0.6 is 11.8 Å². The number of nitrogen functional groups attached to an aromatic ring is 1. The van der Waals surface area contributed by atoms with Crippen LogP contribution < -0.4 is 5.73 Å². The number of nitrogens with zero attached hydrogens (tertiary/aromatic N) is 4. The van der Waals surface area contributed by atoms with Crippen molar-refractivity contribution in [2.24, 2.45) is 0 Å². The summed E-state index contributed by atoms with van der Waals surface area (Å²) in [4.78, 5) is 4.38. The van der Waals surface area contributed by atoms with Gasteiger partial charge in [-0.2, -0.15) is 10.5 Å². The molecule has 5 nitrogen and oxygen atoms in total. The zero-order valence-electron chi connectivity index (χ0n) is 16.0. The van der Waals surface area contributed by atoms with Gasteiger partial charge in [0.25, 0.3) is 0 Å². The van der Waals surface area contributed by atoms with Crippen LogP contribution in [0.2, 0.25) is 0 Å². The van der Waals surface area contributed by atoms with Crippen molar-refractivity contribution < 1.29 is 0 Å². The van der Waals surface area contributed by atoms with E-state index in [0.717, 1.165) is 16.8 Å². The summed E-state index contributed by atoms with van der Waals surface area (Å²) in [7, 11) is 0. The predicted molar refractivity (Wildman–Crippen MR) is 119 cm³/mol. The number of hydrogen-bond acceptors (Lipinski definition) is 5. The van der Waals surface area contributed by atoms with Gasteiger partial charge in [0.2, 0.25) is 0 Å². The largest absolute Gasteiger partial charge is 0.383 e. The van der Waals surface area contributed by atoms with Crippen LogP contribution in [-0.4, -0.2) is 9.55 Å². The summed E-state index contributed by atoms with van der Waals surface area (Å²) in [6, 6.07) is 25.9. The van der Waals surface area contributed by atoms with Gasteiger partial charge in [0, 0.05) is 29.4 Å². The van der Waals surface area contributed by atoms with Crippen molar-refractivity contribution in [2.45, 2.75) is 10.8 Å². The fraction of sp³-hybridized carbons (Fsp3) is 0.0417. The molecule has 6 heteroatoms. The number of hydrogen-bond donors (Lipinski definition) is 1. The number of rotatable bonds is 5. The molecule has 0 unspecified atom stereocenters. The van der Waals surface area contributed by atoms with Crippen molar-refractivity contribution >= 4 is 17.6 Å². The van der Waals surface area contributed by atoms with Crippen molar-refractivity contribution in [3.63, 3.8) is 0 Å². The molecule has 0 amide bonds. The van der Waals surface area contributed by atoms with Gasteiger partial charge in [-0.25, -0.2) is 4.98 Å². The Balaban J connectivity index is 1.83. The van der Waals surface area contributed by atoms with Crippen molar-refractivity contribution in [3.05, 3.63) is 95.8 Å². The number of nitriles is 2. The highest BCUT2D eigenvalue weighted by Gasteiger charge is 2.21. The second-order valence-corrected chi connectivity index (χ2v) is 7.53. The molecule has 0 aliphatic heterocycles. The van der Waals surface area contributed by atoms with Gasteiger partial charge in [0.1, 0.15) is 28.5 Å². The maximum absolute atomic E-state index is 9.96. The standard InChI is InChI=1S/C24H17N5S/c25-14-20-22(18-9-6-10-19(13-18)29-11-4-5-12-29)21(15-26)24(28-23(20)27)30-16-17-7-2-1-3-8-17/h1-13H,16H2,(H2,27,28). The first-order valence-electron chi connectivity index (χ1n) is 9.25. The van der Waals surface area contributed by atoms with E-state index in [1.54, 1.807) is 0 Å². The predicted octanol–water partition coefficient (Wildman–Crippen LogP) is 5.16. The number of pyridine rings is 1. The summed E-state index contributed by atoms with van der Waals surface area (Å²) < 4.78 is 1.97. The number of benzene rings is 2. The van der Waals surface area contributed by atoms with Crippen LogP contribution in [0.25, 0.3) is 16.8 Å². The van der Waals surface area contributed by atoms with Crippen molar-refractivity contribution in [2.75, 3.05) is 5.73 Å². The maximum atomic E-state index is 9.96. The average Bonchev–Trinajstić information content (AvgIpc) is 3.33. The maximum Gasteiger partial charge on any atom is 0.143 e. The van der Waals surface area contributed by atoms with Gasteiger partial charge in [-0.1, -0.05) is 42.5 Å². The number of nitrogens with two attached hydrogens (primary N) is 1. The van der Waals surface area contributed by atoms with Crippen LogP contribution in [-0.2, 0) is 5.75 Å². The van der Waals surface area contributed by atoms with E-state index in [2.05, 4.69) is 17.1 Å². The fourth-order valence-electron chi connectivity index (χ4n) is 3.25. The molecule has 0 bridgehead atoms. The normalized spacial score (nSPS) is 10.3. The summed E-state index contributed by atoms with van der Waals surface area (Å²) in [6.07, 6.45) is 3.88. The molecule has 0 radical (unpaired) electrons. The van der Waals surface area contributed by atoms with Crippen molar-refractivity contribution in [1.82, 2.24) is 9.55 Å². The third-order valence-corrected chi connectivity index (χ3v) is 5.72. The van der Waals surface area contributed by atoms with Gasteiger partial charge in [-0.3, -0.25) is 0 Å². The van der Waals surface area contributed by atoms with E-state index in [4.69, 9.17) is 5.73 Å². The van der Waals surface area contributed by atoms with Crippen LogP contribution in [0.5, 0.6) is 0 Å². The van der Waals surface area contributed by atoms with Crippen molar-refractivity contribution in [1.29, 1.82) is 10.5 Å². The Bertz CT molecular complexity index is 1270.